The molecule has 0 N–H and O–H groups in total. The third kappa shape index (κ3) is 5.20. The predicted molar refractivity (Wildman–Crippen MR) is 87.5 cm³/mol. The van der Waals surface area contributed by atoms with Gasteiger partial charge in [0, 0.05) is 32.7 Å². The molecule has 1 aromatic rings. The Balaban J connectivity index is 0.00000288. The number of carbonyl (C=O) groups excluding carboxylic acids is 1. The SMILES string of the molecule is C#CCOc1ccc(C2=[C-]CC(I)C(=O)N2CC(F)F)c(F)c1.[Y]. The maximum atomic E-state index is 14.3. The maximum absolute atomic E-state index is 14.3. The summed E-state index contributed by atoms with van der Waals surface area (Å²) in [5.41, 5.74) is 0.0552. The quantitative estimate of drug-likeness (QED) is 0.257. The molecule has 2 rings (SSSR count). The van der Waals surface area contributed by atoms with Gasteiger partial charge in [-0.15, -0.1) is 23.8 Å². The van der Waals surface area contributed by atoms with Gasteiger partial charge >= 0.3 is 0 Å². The zero-order valence-corrected chi connectivity index (χ0v) is 17.4. The first-order valence-corrected chi connectivity index (χ1v) is 7.89. The standard InChI is InChI=1S/C16H12F3INO2.Y/c1-2-7-23-10-3-4-11(12(17)8-10)14-6-5-13(20)16(22)21(14)9-15(18)19;/h1,3-4,8,13,15H,5,7,9H2;/q-1;. The fourth-order valence-corrected chi connectivity index (χ4v) is 2.67. The second kappa shape index (κ2) is 9.78. The van der Waals surface area contributed by atoms with E-state index in [9.17, 15) is 18.0 Å². The minimum Gasteiger partial charge on any atom is -0.481 e. The molecule has 1 unspecified atom stereocenters. The molecule has 24 heavy (non-hydrogen) atoms. The number of hydrogen-bond donors (Lipinski definition) is 0. The predicted octanol–water partition coefficient (Wildman–Crippen LogP) is 3.28. The van der Waals surface area contributed by atoms with Crippen molar-refractivity contribution < 1.29 is 55.4 Å². The molecule has 0 spiro atoms. The molecule has 125 valence electrons. The molecule has 1 atom stereocenters. The van der Waals surface area contributed by atoms with E-state index in [0.29, 0.717) is 0 Å². The van der Waals surface area contributed by atoms with E-state index < -0.39 is 28.6 Å². The minimum atomic E-state index is -2.72. The number of terminal acetylenes is 1. The topological polar surface area (TPSA) is 29.5 Å². The van der Waals surface area contributed by atoms with E-state index in [2.05, 4.69) is 12.0 Å². The largest absolute Gasteiger partial charge is 0.481 e. The third-order valence-corrected chi connectivity index (χ3v) is 4.06. The number of amides is 1. The van der Waals surface area contributed by atoms with E-state index >= 15 is 0 Å². The molecule has 1 amide bonds. The van der Waals surface area contributed by atoms with Gasteiger partial charge in [0.15, 0.2) is 0 Å². The molecule has 0 aliphatic carbocycles. The van der Waals surface area contributed by atoms with Crippen LogP contribution in [0.1, 0.15) is 12.0 Å². The average Bonchev–Trinajstić information content (AvgIpc) is 2.50. The normalized spacial score (nSPS) is 17.2. The molecule has 1 heterocycles. The average molecular weight is 523 g/mol. The van der Waals surface area contributed by atoms with Crippen LogP contribution in [0.2, 0.25) is 0 Å². The first-order chi connectivity index (χ1) is 10.9. The Hall–Kier alpha value is -0.586. The second-order valence-corrected chi connectivity index (χ2v) is 6.18. The molecule has 0 saturated heterocycles. The van der Waals surface area contributed by atoms with Crippen molar-refractivity contribution in [2.75, 3.05) is 13.2 Å². The van der Waals surface area contributed by atoms with E-state index in [-0.39, 0.29) is 62.7 Å². The van der Waals surface area contributed by atoms with Gasteiger partial charge in [-0.2, -0.15) is 0 Å². The summed E-state index contributed by atoms with van der Waals surface area (Å²) in [5.74, 6) is 1.30. The van der Waals surface area contributed by atoms with Gasteiger partial charge in [-0.1, -0.05) is 34.9 Å². The minimum absolute atomic E-state index is 0. The number of benzene rings is 1. The molecule has 8 heteroatoms. The smallest absolute Gasteiger partial charge is 0.256 e. The molecular weight excluding hydrogens is 511 g/mol. The van der Waals surface area contributed by atoms with Gasteiger partial charge < -0.3 is 9.64 Å². The number of ether oxygens (including phenoxy) is 1. The molecule has 1 aromatic carbocycles. The summed E-state index contributed by atoms with van der Waals surface area (Å²) >= 11 is 1.86. The Morgan fingerprint density at radius 1 is 1.50 bits per heavy atom. The summed E-state index contributed by atoms with van der Waals surface area (Å²) in [6, 6.07) is 3.93. The van der Waals surface area contributed by atoms with E-state index in [1.165, 1.54) is 12.1 Å². The van der Waals surface area contributed by atoms with Crippen LogP contribution >= 0.6 is 22.6 Å². The monoisotopic (exact) mass is 523 g/mol. The molecule has 3 nitrogen and oxygen atoms in total. The number of halogens is 4. The van der Waals surface area contributed by atoms with Crippen molar-refractivity contribution in [1.82, 2.24) is 4.90 Å². The Bertz CT molecular complexity index is 676. The molecule has 1 radical (unpaired) electrons. The van der Waals surface area contributed by atoms with Crippen molar-refractivity contribution in [2.45, 2.75) is 16.8 Å². The summed E-state index contributed by atoms with van der Waals surface area (Å²) in [6.45, 7) is -0.810. The fourth-order valence-electron chi connectivity index (χ4n) is 2.11. The first kappa shape index (κ1) is 21.5. The molecular formula is C16H12F3INO2Y-. The Labute approximate surface area is 177 Å². The molecule has 0 aromatic heterocycles. The van der Waals surface area contributed by atoms with Crippen molar-refractivity contribution in [3.05, 3.63) is 35.7 Å². The molecule has 1 aliphatic heterocycles. The van der Waals surface area contributed by atoms with Crippen molar-refractivity contribution in [1.29, 1.82) is 0 Å². The van der Waals surface area contributed by atoms with E-state index in [1.807, 2.05) is 22.6 Å². The van der Waals surface area contributed by atoms with Crippen LogP contribution in [-0.4, -0.2) is 34.3 Å². The van der Waals surface area contributed by atoms with Gasteiger partial charge in [0.1, 0.15) is 12.4 Å². The van der Waals surface area contributed by atoms with E-state index in [0.717, 1.165) is 11.0 Å². The first-order valence-electron chi connectivity index (χ1n) is 6.64. The Morgan fingerprint density at radius 2 is 2.21 bits per heavy atom. The number of allylic oxidation sites excluding steroid dienone is 1. The van der Waals surface area contributed by atoms with Gasteiger partial charge in [0.05, 0.1) is 16.3 Å². The second-order valence-electron chi connectivity index (χ2n) is 4.67. The van der Waals surface area contributed by atoms with Crippen LogP contribution in [0.4, 0.5) is 13.2 Å². The Kier molecular flexibility index (Phi) is 8.75. The summed E-state index contributed by atoms with van der Waals surface area (Å²) in [5, 5.41) is 0. The van der Waals surface area contributed by atoms with Gasteiger partial charge in [-0.05, 0) is 12.1 Å². The Morgan fingerprint density at radius 3 is 2.79 bits per heavy atom. The number of hydrogen-bond acceptors (Lipinski definition) is 2. The molecule has 0 fully saturated rings. The zero-order valence-electron chi connectivity index (χ0n) is 12.4. The zero-order chi connectivity index (χ0) is 17.0. The molecule has 0 saturated carbocycles. The molecule has 0 bridgehead atoms. The van der Waals surface area contributed by atoms with Crippen LogP contribution in [0.15, 0.2) is 18.2 Å². The van der Waals surface area contributed by atoms with Crippen LogP contribution in [-0.2, 0) is 37.5 Å². The molecule has 1 aliphatic rings. The summed E-state index contributed by atoms with van der Waals surface area (Å²) in [7, 11) is 0. The number of alkyl halides is 3. The van der Waals surface area contributed by atoms with Crippen LogP contribution in [0.5, 0.6) is 5.75 Å². The number of nitrogens with zero attached hydrogens (tertiary/aromatic N) is 1. The summed E-state index contributed by atoms with van der Waals surface area (Å²) in [4.78, 5) is 13.0. The van der Waals surface area contributed by atoms with Crippen LogP contribution in [0.3, 0.4) is 0 Å². The third-order valence-electron chi connectivity index (χ3n) is 3.09. The fraction of sp³-hybridized carbons (Fsp3) is 0.312. The number of rotatable bonds is 5. The van der Waals surface area contributed by atoms with Crippen LogP contribution in [0.25, 0.3) is 5.70 Å². The van der Waals surface area contributed by atoms with Gasteiger partial charge in [-0.3, -0.25) is 4.79 Å². The van der Waals surface area contributed by atoms with Crippen molar-refractivity contribution in [3.8, 4) is 18.1 Å². The van der Waals surface area contributed by atoms with Crippen LogP contribution < -0.4 is 4.74 Å². The van der Waals surface area contributed by atoms with Crippen molar-refractivity contribution in [2.24, 2.45) is 0 Å². The van der Waals surface area contributed by atoms with Gasteiger partial charge in [0.25, 0.3) is 6.43 Å². The van der Waals surface area contributed by atoms with E-state index in [1.54, 1.807) is 0 Å². The van der Waals surface area contributed by atoms with Crippen molar-refractivity contribution in [3.63, 3.8) is 0 Å². The van der Waals surface area contributed by atoms with Crippen molar-refractivity contribution >= 4 is 34.2 Å². The van der Waals surface area contributed by atoms with E-state index in [4.69, 9.17) is 11.2 Å². The van der Waals surface area contributed by atoms with Gasteiger partial charge in [0.2, 0.25) is 5.91 Å². The number of carbonyl (C=O) groups is 1. The summed E-state index contributed by atoms with van der Waals surface area (Å²) in [6.07, 6.45) is 5.41. The summed E-state index contributed by atoms with van der Waals surface area (Å²) < 4.78 is 44.4. The van der Waals surface area contributed by atoms with Crippen LogP contribution in [0, 0.1) is 24.2 Å². The maximum Gasteiger partial charge on any atom is 0.256 e. The van der Waals surface area contributed by atoms with Gasteiger partial charge in [-0.25, -0.2) is 19.2 Å².